The van der Waals surface area contributed by atoms with Crippen LogP contribution in [0.25, 0.3) is 0 Å². The molecule has 2 unspecified atom stereocenters. The SMILES string of the molecule is COC(=O)C(N)CSC1CCOC2(CCSCC2)C1. The number of rotatable bonds is 4. The second-order valence-corrected chi connectivity index (χ2v) is 7.78. The summed E-state index contributed by atoms with van der Waals surface area (Å²) in [7, 11) is 1.38. The average Bonchev–Trinajstić information content (AvgIpc) is 2.45. The van der Waals surface area contributed by atoms with Crippen molar-refractivity contribution in [3.05, 3.63) is 0 Å². The number of hydrogen-bond acceptors (Lipinski definition) is 6. The van der Waals surface area contributed by atoms with Crippen LogP contribution in [0, 0.1) is 0 Å². The van der Waals surface area contributed by atoms with Crippen LogP contribution in [-0.4, -0.2) is 53.8 Å². The number of nitrogens with two attached hydrogens (primary N) is 1. The zero-order valence-corrected chi connectivity index (χ0v) is 13.1. The Kier molecular flexibility index (Phi) is 5.87. The van der Waals surface area contributed by atoms with Crippen LogP contribution < -0.4 is 5.73 Å². The van der Waals surface area contributed by atoms with Gasteiger partial charge in [-0.25, -0.2) is 0 Å². The molecule has 19 heavy (non-hydrogen) atoms. The van der Waals surface area contributed by atoms with Gasteiger partial charge in [0.15, 0.2) is 0 Å². The Morgan fingerprint density at radius 2 is 2.32 bits per heavy atom. The fourth-order valence-corrected chi connectivity index (χ4v) is 5.21. The Labute approximate surface area is 123 Å². The molecule has 6 heteroatoms. The van der Waals surface area contributed by atoms with E-state index in [0.29, 0.717) is 11.0 Å². The number of methoxy groups -OCH3 is 1. The molecule has 0 aromatic carbocycles. The largest absolute Gasteiger partial charge is 0.468 e. The summed E-state index contributed by atoms with van der Waals surface area (Å²) in [5, 5.41) is 0.563. The van der Waals surface area contributed by atoms with E-state index in [1.54, 1.807) is 11.8 Å². The topological polar surface area (TPSA) is 61.5 Å². The van der Waals surface area contributed by atoms with E-state index in [4.69, 9.17) is 10.5 Å². The molecule has 2 atom stereocenters. The molecular weight excluding hydrogens is 282 g/mol. The quantitative estimate of drug-likeness (QED) is 0.797. The first-order valence-corrected chi connectivity index (χ1v) is 9.02. The van der Waals surface area contributed by atoms with Crippen molar-refractivity contribution in [3.8, 4) is 0 Å². The standard InChI is InChI=1S/C13H23NO3S2/c1-16-12(15)11(14)9-19-10-2-5-17-13(8-10)3-6-18-7-4-13/h10-11H,2-9,14H2,1H3. The van der Waals surface area contributed by atoms with Gasteiger partial charge in [0.25, 0.3) is 0 Å². The van der Waals surface area contributed by atoms with Gasteiger partial charge in [0, 0.05) is 17.6 Å². The minimum Gasteiger partial charge on any atom is -0.468 e. The molecule has 0 radical (unpaired) electrons. The Bertz CT molecular complexity index is 303. The molecule has 2 aliphatic heterocycles. The molecule has 0 aromatic rings. The number of carbonyl (C=O) groups is 1. The van der Waals surface area contributed by atoms with Crippen LogP contribution in [0.5, 0.6) is 0 Å². The van der Waals surface area contributed by atoms with Gasteiger partial charge in [-0.3, -0.25) is 4.79 Å². The van der Waals surface area contributed by atoms with Gasteiger partial charge in [0.1, 0.15) is 6.04 Å². The second-order valence-electron chi connectivity index (χ2n) is 5.22. The summed E-state index contributed by atoms with van der Waals surface area (Å²) < 4.78 is 10.7. The fraction of sp³-hybridized carbons (Fsp3) is 0.923. The Balaban J connectivity index is 1.79. The summed E-state index contributed by atoms with van der Waals surface area (Å²) in [6, 6.07) is -0.504. The van der Waals surface area contributed by atoms with Gasteiger partial charge in [-0.15, -0.1) is 0 Å². The third-order valence-electron chi connectivity index (χ3n) is 3.87. The van der Waals surface area contributed by atoms with E-state index in [-0.39, 0.29) is 11.6 Å². The van der Waals surface area contributed by atoms with E-state index in [2.05, 4.69) is 4.74 Å². The molecule has 2 saturated heterocycles. The molecule has 0 aromatic heterocycles. The van der Waals surface area contributed by atoms with Gasteiger partial charge < -0.3 is 15.2 Å². The van der Waals surface area contributed by atoms with Gasteiger partial charge in [-0.2, -0.15) is 23.5 Å². The molecular formula is C13H23NO3S2. The highest BCUT2D eigenvalue weighted by molar-refractivity contribution is 8.00. The van der Waals surface area contributed by atoms with E-state index < -0.39 is 6.04 Å². The van der Waals surface area contributed by atoms with Crippen LogP contribution in [-0.2, 0) is 14.3 Å². The van der Waals surface area contributed by atoms with Gasteiger partial charge in [-0.1, -0.05) is 0 Å². The van der Waals surface area contributed by atoms with Crippen LogP contribution in [0.1, 0.15) is 25.7 Å². The first kappa shape index (κ1) is 15.5. The van der Waals surface area contributed by atoms with Crippen molar-refractivity contribution in [2.75, 3.05) is 31.0 Å². The molecule has 0 bridgehead atoms. The van der Waals surface area contributed by atoms with Crippen molar-refractivity contribution in [3.63, 3.8) is 0 Å². The molecule has 2 N–H and O–H groups in total. The molecule has 4 nitrogen and oxygen atoms in total. The summed E-state index contributed by atoms with van der Waals surface area (Å²) in [6.07, 6.45) is 4.50. The lowest BCUT2D eigenvalue weighted by atomic mass is 9.88. The minimum atomic E-state index is -0.504. The number of esters is 1. The minimum absolute atomic E-state index is 0.108. The molecule has 2 heterocycles. The maximum Gasteiger partial charge on any atom is 0.323 e. The summed E-state index contributed by atoms with van der Waals surface area (Å²) >= 11 is 3.83. The zero-order valence-electron chi connectivity index (χ0n) is 11.4. The Hall–Kier alpha value is 0.0900. The van der Waals surface area contributed by atoms with Crippen molar-refractivity contribution >= 4 is 29.5 Å². The summed E-state index contributed by atoms with van der Waals surface area (Å²) in [5.74, 6) is 2.74. The lowest BCUT2D eigenvalue weighted by Gasteiger charge is -2.43. The number of ether oxygens (including phenoxy) is 2. The third-order valence-corrected chi connectivity index (χ3v) is 6.28. The van der Waals surface area contributed by atoms with Crippen LogP contribution >= 0.6 is 23.5 Å². The van der Waals surface area contributed by atoms with Crippen molar-refractivity contribution in [2.24, 2.45) is 5.73 Å². The smallest absolute Gasteiger partial charge is 0.323 e. The average molecular weight is 305 g/mol. The lowest BCUT2D eigenvalue weighted by molar-refractivity contribution is -0.141. The highest BCUT2D eigenvalue weighted by atomic mass is 32.2. The molecule has 2 fully saturated rings. The van der Waals surface area contributed by atoms with E-state index in [1.165, 1.54) is 18.6 Å². The molecule has 0 aliphatic carbocycles. The van der Waals surface area contributed by atoms with Crippen LogP contribution in [0.4, 0.5) is 0 Å². The molecule has 1 spiro atoms. The first-order valence-electron chi connectivity index (χ1n) is 6.82. The number of thioether (sulfide) groups is 2. The third kappa shape index (κ3) is 4.28. The maximum atomic E-state index is 11.3. The van der Waals surface area contributed by atoms with E-state index >= 15 is 0 Å². The zero-order chi connectivity index (χ0) is 13.7. The molecule has 0 saturated carbocycles. The van der Waals surface area contributed by atoms with Crippen LogP contribution in [0.3, 0.4) is 0 Å². The summed E-state index contributed by atoms with van der Waals surface area (Å²) in [4.78, 5) is 11.3. The van der Waals surface area contributed by atoms with Gasteiger partial charge in [-0.05, 0) is 37.2 Å². The van der Waals surface area contributed by atoms with Crippen LogP contribution in [0.2, 0.25) is 0 Å². The Morgan fingerprint density at radius 3 is 3.00 bits per heavy atom. The van der Waals surface area contributed by atoms with Gasteiger partial charge >= 0.3 is 5.97 Å². The monoisotopic (exact) mass is 305 g/mol. The molecule has 2 aliphatic rings. The molecule has 2 rings (SSSR count). The number of carbonyl (C=O) groups excluding carboxylic acids is 1. The van der Waals surface area contributed by atoms with E-state index in [9.17, 15) is 4.79 Å². The maximum absolute atomic E-state index is 11.3. The Morgan fingerprint density at radius 1 is 1.58 bits per heavy atom. The predicted molar refractivity (Wildman–Crippen MR) is 80.7 cm³/mol. The molecule has 0 amide bonds. The molecule has 110 valence electrons. The highest BCUT2D eigenvalue weighted by Gasteiger charge is 2.39. The highest BCUT2D eigenvalue weighted by Crippen LogP contribution is 2.40. The van der Waals surface area contributed by atoms with Crippen molar-refractivity contribution < 1.29 is 14.3 Å². The predicted octanol–water partition coefficient (Wildman–Crippen LogP) is 1.66. The first-order chi connectivity index (χ1) is 9.15. The normalized spacial score (nSPS) is 28.0. The van der Waals surface area contributed by atoms with Crippen molar-refractivity contribution in [1.82, 2.24) is 0 Å². The number of hydrogen-bond donors (Lipinski definition) is 1. The van der Waals surface area contributed by atoms with Crippen molar-refractivity contribution in [2.45, 2.75) is 42.6 Å². The van der Waals surface area contributed by atoms with Gasteiger partial charge in [0.2, 0.25) is 0 Å². The van der Waals surface area contributed by atoms with E-state index in [0.717, 1.165) is 32.3 Å². The lowest BCUT2D eigenvalue weighted by Crippen LogP contribution is -2.44. The second kappa shape index (κ2) is 7.20. The summed E-state index contributed by atoms with van der Waals surface area (Å²) in [6.45, 7) is 0.843. The van der Waals surface area contributed by atoms with Crippen molar-refractivity contribution in [1.29, 1.82) is 0 Å². The van der Waals surface area contributed by atoms with Gasteiger partial charge in [0.05, 0.1) is 12.7 Å². The van der Waals surface area contributed by atoms with Crippen LogP contribution in [0.15, 0.2) is 0 Å². The van der Waals surface area contributed by atoms with E-state index in [1.807, 2.05) is 11.8 Å². The fourth-order valence-electron chi connectivity index (χ4n) is 2.68. The summed E-state index contributed by atoms with van der Waals surface area (Å²) in [5.41, 5.74) is 5.89.